The molecule has 292 valence electrons. The first-order valence-corrected chi connectivity index (χ1v) is 18.3. The van der Waals surface area contributed by atoms with E-state index in [9.17, 15) is 23.2 Å². The number of anilines is 1. The van der Waals surface area contributed by atoms with Crippen LogP contribution in [-0.2, 0) is 19.0 Å². The van der Waals surface area contributed by atoms with Crippen LogP contribution in [0.15, 0.2) is 60.7 Å². The third-order valence-corrected chi connectivity index (χ3v) is 9.45. The summed E-state index contributed by atoms with van der Waals surface area (Å²) in [5.74, 6) is -2.16. The first kappa shape index (κ1) is 39.9. The zero-order valence-electron chi connectivity index (χ0n) is 31.6. The molecule has 13 nitrogen and oxygen atoms in total. The Morgan fingerprint density at radius 3 is 1.66 bits per heavy atom. The van der Waals surface area contributed by atoms with Crippen molar-refractivity contribution in [3.05, 3.63) is 100 Å². The summed E-state index contributed by atoms with van der Waals surface area (Å²) in [4.78, 5) is 46.0. The monoisotopic (exact) mass is 787 g/mol. The summed E-state index contributed by atoms with van der Waals surface area (Å²) in [5, 5.41) is 13.9. The van der Waals surface area contributed by atoms with Gasteiger partial charge in [0.2, 0.25) is 5.91 Å². The van der Waals surface area contributed by atoms with Crippen LogP contribution >= 0.6 is 11.6 Å². The quantitative estimate of drug-likeness (QED) is 0.150. The summed E-state index contributed by atoms with van der Waals surface area (Å²) in [7, 11) is 2.55. The van der Waals surface area contributed by atoms with Crippen LogP contribution in [0, 0.1) is 17.6 Å². The van der Waals surface area contributed by atoms with E-state index >= 15 is 0 Å². The predicted molar refractivity (Wildman–Crippen MR) is 206 cm³/mol. The molecule has 0 bridgehead atoms. The van der Waals surface area contributed by atoms with Crippen LogP contribution in [0.25, 0.3) is 33.4 Å². The first-order valence-electron chi connectivity index (χ1n) is 17.9. The number of fused-ring (bicyclic) bond motifs is 2. The average molecular weight is 788 g/mol. The maximum Gasteiger partial charge on any atom is 0.356 e. The number of hydrogen-bond acceptors (Lipinski definition) is 10. The molecule has 1 fully saturated rings. The number of benzene rings is 2. The summed E-state index contributed by atoms with van der Waals surface area (Å²) in [5.41, 5.74) is 4.05. The smallest absolute Gasteiger partial charge is 0.356 e. The van der Waals surface area contributed by atoms with Gasteiger partial charge in [-0.3, -0.25) is 4.79 Å². The van der Waals surface area contributed by atoms with Crippen molar-refractivity contribution in [2.45, 2.75) is 52.4 Å². The third-order valence-electron chi connectivity index (χ3n) is 9.16. The number of esters is 2. The molecule has 4 aromatic heterocycles. The van der Waals surface area contributed by atoms with Gasteiger partial charge in [0.05, 0.1) is 58.5 Å². The molecule has 1 amide bonds. The number of ether oxygens (including phenoxy) is 3. The zero-order chi connectivity index (χ0) is 40.3. The van der Waals surface area contributed by atoms with Crippen LogP contribution in [0.1, 0.15) is 84.7 Å². The molecule has 16 heteroatoms. The molecule has 0 radical (unpaired) electrons. The predicted octanol–water partition coefficient (Wildman–Crippen LogP) is 7.96. The van der Waals surface area contributed by atoms with Crippen molar-refractivity contribution < 1.29 is 37.4 Å². The maximum atomic E-state index is 13.5. The molecule has 0 spiro atoms. The minimum absolute atomic E-state index is 0.00343. The number of hydrogen-bond donors (Lipinski definition) is 1. The molecule has 1 N–H and O–H groups in total. The second-order valence-electron chi connectivity index (χ2n) is 13.7. The lowest BCUT2D eigenvalue weighted by Crippen LogP contribution is -2.28. The van der Waals surface area contributed by atoms with Gasteiger partial charge < -0.3 is 19.5 Å². The Kier molecular flexibility index (Phi) is 12.0. The Morgan fingerprint density at radius 1 is 0.750 bits per heavy atom. The lowest BCUT2D eigenvalue weighted by Gasteiger charge is -2.21. The van der Waals surface area contributed by atoms with E-state index in [1.54, 1.807) is 33.6 Å². The van der Waals surface area contributed by atoms with E-state index in [0.717, 1.165) is 5.69 Å². The van der Waals surface area contributed by atoms with Gasteiger partial charge in [0.1, 0.15) is 11.6 Å². The molecule has 6 aromatic rings. The van der Waals surface area contributed by atoms with Crippen molar-refractivity contribution in [2.75, 3.05) is 32.8 Å². The fourth-order valence-corrected chi connectivity index (χ4v) is 6.57. The van der Waals surface area contributed by atoms with Gasteiger partial charge in [-0.25, -0.2) is 37.7 Å². The molecule has 1 saturated heterocycles. The first-order chi connectivity index (χ1) is 26.8. The fraction of sp³-hybridized carbons (Fsp3) is 0.325. The minimum Gasteiger partial charge on any atom is -0.464 e. The molecular formula is C40H40ClF2N7O6. The summed E-state index contributed by atoms with van der Waals surface area (Å²) < 4.78 is 44.7. The van der Waals surface area contributed by atoms with E-state index in [1.807, 2.05) is 27.7 Å². The SMILES string of the molecule is COC(=O)c1cc(Cl)c2c(C(C)C)nn(-c3ccc(F)cc3)c2n1.COC(=O)c1cc(NC(=O)C2CCOCC2)c2c(C(C)C)nn(-c3ccc(F)cc3)c2n1. The highest BCUT2D eigenvalue weighted by Gasteiger charge is 2.27. The number of aromatic nitrogens is 6. The summed E-state index contributed by atoms with van der Waals surface area (Å²) >= 11 is 6.38. The normalized spacial score (nSPS) is 13.2. The highest BCUT2D eigenvalue weighted by molar-refractivity contribution is 6.35. The lowest BCUT2D eigenvalue weighted by atomic mass is 9.99. The Hall–Kier alpha value is -5.80. The minimum atomic E-state index is -0.633. The number of nitrogens with one attached hydrogen (secondary N) is 1. The van der Waals surface area contributed by atoms with Gasteiger partial charge in [-0.1, -0.05) is 39.3 Å². The van der Waals surface area contributed by atoms with E-state index < -0.39 is 11.9 Å². The van der Waals surface area contributed by atoms with Crippen LogP contribution in [-0.4, -0.2) is 74.8 Å². The topological polar surface area (TPSA) is 152 Å². The Labute approximate surface area is 325 Å². The van der Waals surface area contributed by atoms with Crippen molar-refractivity contribution in [3.8, 4) is 11.4 Å². The molecule has 0 unspecified atom stereocenters. The number of amides is 1. The van der Waals surface area contributed by atoms with Crippen LogP contribution in [0.4, 0.5) is 14.5 Å². The van der Waals surface area contributed by atoms with Crippen LogP contribution in [0.5, 0.6) is 0 Å². The van der Waals surface area contributed by atoms with Crippen molar-refractivity contribution in [2.24, 2.45) is 5.92 Å². The van der Waals surface area contributed by atoms with Gasteiger partial charge >= 0.3 is 11.9 Å². The number of pyridine rings is 2. The van der Waals surface area contributed by atoms with Gasteiger partial charge in [-0.05, 0) is 85.3 Å². The largest absolute Gasteiger partial charge is 0.464 e. The van der Waals surface area contributed by atoms with E-state index in [0.29, 0.717) is 75.9 Å². The lowest BCUT2D eigenvalue weighted by molar-refractivity contribution is -0.122. The number of nitrogens with zero attached hydrogens (tertiary/aromatic N) is 6. The maximum absolute atomic E-state index is 13.5. The average Bonchev–Trinajstić information content (AvgIpc) is 3.79. The molecular weight excluding hydrogens is 748 g/mol. The van der Waals surface area contributed by atoms with Crippen molar-refractivity contribution in [1.82, 2.24) is 29.5 Å². The molecule has 1 aliphatic rings. The Bertz CT molecular complexity index is 2410. The van der Waals surface area contributed by atoms with Crippen molar-refractivity contribution in [1.29, 1.82) is 0 Å². The fourth-order valence-electron chi connectivity index (χ4n) is 6.28. The molecule has 2 aromatic carbocycles. The molecule has 5 heterocycles. The van der Waals surface area contributed by atoms with E-state index in [-0.39, 0.29) is 46.7 Å². The second kappa shape index (κ2) is 16.9. The Morgan fingerprint density at radius 2 is 1.20 bits per heavy atom. The Balaban J connectivity index is 0.000000198. The van der Waals surface area contributed by atoms with Gasteiger partial charge in [0.15, 0.2) is 22.7 Å². The number of carbonyl (C=O) groups excluding carboxylic acids is 3. The summed E-state index contributed by atoms with van der Waals surface area (Å²) in [6, 6.07) is 14.7. The third kappa shape index (κ3) is 8.23. The number of carbonyl (C=O) groups is 3. The van der Waals surface area contributed by atoms with Gasteiger partial charge in [0, 0.05) is 19.1 Å². The number of methoxy groups -OCH3 is 2. The molecule has 0 atom stereocenters. The highest BCUT2D eigenvalue weighted by atomic mass is 35.5. The standard InChI is InChI=1S/C23H25FN4O4.C17H15ClFN3O2/c1-13(2)20-19-17(26-22(29)14-8-10-32-11-9-14)12-18(23(30)31-3)25-21(19)28(27-20)16-6-4-15(24)5-7-16;1-9(2)15-14-12(18)8-13(17(23)24-3)20-16(14)22(21-15)11-6-4-10(19)5-7-11/h4-7,12-14H,8-11H2,1-3H3,(H,25,26,29);4-9H,1-3H3. The zero-order valence-corrected chi connectivity index (χ0v) is 32.4. The number of rotatable bonds is 8. The van der Waals surface area contributed by atoms with E-state index in [4.69, 9.17) is 30.9 Å². The molecule has 7 rings (SSSR count). The number of halogens is 3. The van der Waals surface area contributed by atoms with Gasteiger partial charge in [-0.2, -0.15) is 10.2 Å². The summed E-state index contributed by atoms with van der Waals surface area (Å²) in [6.45, 7) is 9.01. The molecule has 1 aliphatic heterocycles. The van der Waals surface area contributed by atoms with Gasteiger partial charge in [0.25, 0.3) is 0 Å². The molecule has 56 heavy (non-hydrogen) atoms. The van der Waals surface area contributed by atoms with Crippen molar-refractivity contribution >= 4 is 57.2 Å². The van der Waals surface area contributed by atoms with E-state index in [2.05, 4.69) is 20.4 Å². The molecule has 0 saturated carbocycles. The van der Waals surface area contributed by atoms with Crippen LogP contribution < -0.4 is 5.32 Å². The van der Waals surface area contributed by atoms with E-state index in [1.165, 1.54) is 50.6 Å². The van der Waals surface area contributed by atoms with Crippen LogP contribution in [0.3, 0.4) is 0 Å². The van der Waals surface area contributed by atoms with Gasteiger partial charge in [-0.15, -0.1) is 0 Å². The molecule has 0 aliphatic carbocycles. The summed E-state index contributed by atoms with van der Waals surface area (Å²) in [6.07, 6.45) is 1.27. The van der Waals surface area contributed by atoms with Crippen LogP contribution in [0.2, 0.25) is 5.02 Å². The van der Waals surface area contributed by atoms with Crippen molar-refractivity contribution in [3.63, 3.8) is 0 Å². The second-order valence-corrected chi connectivity index (χ2v) is 14.1. The highest BCUT2D eigenvalue weighted by Crippen LogP contribution is 2.35.